The molecule has 0 bridgehead atoms. The van der Waals surface area contributed by atoms with Crippen molar-refractivity contribution in [2.45, 2.75) is 0 Å². The summed E-state index contributed by atoms with van der Waals surface area (Å²) in [7, 11) is 2.02. The molecule has 1 amide bonds. The minimum absolute atomic E-state index is 0.0702. The van der Waals surface area contributed by atoms with Gasteiger partial charge in [-0.2, -0.15) is 0 Å². The molecule has 3 rings (SSSR count). The average Bonchev–Trinajstić information content (AvgIpc) is 3.10. The van der Waals surface area contributed by atoms with Crippen molar-refractivity contribution >= 4 is 34.3 Å². The Morgan fingerprint density at radius 1 is 0.909 bits per heavy atom. The Balaban J connectivity index is 1.72. The molecule has 3 nitrogen and oxygen atoms in total. The van der Waals surface area contributed by atoms with E-state index in [1.807, 2.05) is 67.0 Å². The number of benzene rings is 2. The van der Waals surface area contributed by atoms with Crippen LogP contribution in [0.4, 0.5) is 17.1 Å². The Hall–Kier alpha value is -2.59. The van der Waals surface area contributed by atoms with E-state index in [-0.39, 0.29) is 5.91 Å². The van der Waals surface area contributed by atoms with Crippen LogP contribution in [0.3, 0.4) is 0 Å². The van der Waals surface area contributed by atoms with E-state index < -0.39 is 0 Å². The zero-order valence-corrected chi connectivity index (χ0v) is 13.0. The van der Waals surface area contributed by atoms with Crippen LogP contribution in [0, 0.1) is 0 Å². The summed E-state index contributed by atoms with van der Waals surface area (Å²) < 4.78 is 0. The van der Waals surface area contributed by atoms with Crippen LogP contribution in [0.15, 0.2) is 72.1 Å². The molecule has 0 atom stereocenters. The monoisotopic (exact) mass is 308 g/mol. The van der Waals surface area contributed by atoms with Crippen molar-refractivity contribution in [2.75, 3.05) is 17.3 Å². The molecule has 0 saturated carbocycles. The van der Waals surface area contributed by atoms with E-state index >= 15 is 0 Å². The van der Waals surface area contributed by atoms with Gasteiger partial charge in [0.15, 0.2) is 0 Å². The van der Waals surface area contributed by atoms with Gasteiger partial charge >= 0.3 is 0 Å². The highest BCUT2D eigenvalue weighted by Crippen LogP contribution is 2.24. The van der Waals surface area contributed by atoms with Crippen molar-refractivity contribution < 1.29 is 4.79 Å². The first-order chi connectivity index (χ1) is 10.7. The molecule has 2 aromatic carbocycles. The molecule has 1 N–H and O–H groups in total. The molecule has 0 fully saturated rings. The van der Waals surface area contributed by atoms with E-state index in [2.05, 4.69) is 22.3 Å². The molecule has 0 aliphatic carbocycles. The number of carbonyl (C=O) groups is 1. The Bertz CT molecular complexity index is 737. The lowest BCUT2D eigenvalue weighted by Gasteiger charge is -2.19. The van der Waals surface area contributed by atoms with Gasteiger partial charge in [0.1, 0.15) is 0 Å². The van der Waals surface area contributed by atoms with E-state index in [0.29, 0.717) is 4.88 Å². The number of nitrogens with zero attached hydrogens (tertiary/aromatic N) is 1. The highest BCUT2D eigenvalue weighted by atomic mass is 32.1. The summed E-state index contributed by atoms with van der Waals surface area (Å²) in [6.45, 7) is 0. The number of amides is 1. The molecule has 3 aromatic rings. The number of thiophene rings is 1. The van der Waals surface area contributed by atoms with Gasteiger partial charge in [0.25, 0.3) is 5.91 Å². The molecule has 0 aliphatic rings. The van der Waals surface area contributed by atoms with Crippen LogP contribution in [0.5, 0.6) is 0 Å². The SMILES string of the molecule is CN(c1ccccc1)c1ccc(NC(=O)c2cccs2)cc1. The molecular weight excluding hydrogens is 292 g/mol. The number of para-hydroxylation sites is 1. The summed E-state index contributed by atoms with van der Waals surface area (Å²) >= 11 is 1.44. The summed E-state index contributed by atoms with van der Waals surface area (Å²) in [5.74, 6) is -0.0702. The van der Waals surface area contributed by atoms with Crippen LogP contribution in [-0.4, -0.2) is 13.0 Å². The van der Waals surface area contributed by atoms with Crippen LogP contribution in [0.25, 0.3) is 0 Å². The summed E-state index contributed by atoms with van der Waals surface area (Å²) in [5.41, 5.74) is 2.99. The van der Waals surface area contributed by atoms with Gasteiger partial charge in [0.2, 0.25) is 0 Å². The van der Waals surface area contributed by atoms with Gasteiger partial charge in [-0.25, -0.2) is 0 Å². The molecular formula is C18H16N2OS. The quantitative estimate of drug-likeness (QED) is 0.753. The van der Waals surface area contributed by atoms with Gasteiger partial charge in [-0.05, 0) is 47.8 Å². The fourth-order valence-corrected chi connectivity index (χ4v) is 2.79. The Kier molecular flexibility index (Phi) is 4.21. The maximum Gasteiger partial charge on any atom is 0.265 e. The number of hydrogen-bond donors (Lipinski definition) is 1. The van der Waals surface area contributed by atoms with Gasteiger partial charge in [-0.15, -0.1) is 11.3 Å². The van der Waals surface area contributed by atoms with Crippen LogP contribution in [0.2, 0.25) is 0 Å². The van der Waals surface area contributed by atoms with Crippen molar-refractivity contribution in [1.29, 1.82) is 0 Å². The first-order valence-corrected chi connectivity index (χ1v) is 7.86. The Morgan fingerprint density at radius 3 is 2.23 bits per heavy atom. The van der Waals surface area contributed by atoms with Crippen molar-refractivity contribution in [3.05, 3.63) is 77.0 Å². The lowest BCUT2D eigenvalue weighted by Crippen LogP contribution is -2.11. The number of anilines is 3. The molecule has 0 spiro atoms. The van der Waals surface area contributed by atoms with Crippen molar-refractivity contribution in [3.8, 4) is 0 Å². The predicted octanol–water partition coefficient (Wildman–Crippen LogP) is 4.77. The van der Waals surface area contributed by atoms with Crippen LogP contribution >= 0.6 is 11.3 Å². The summed E-state index contributed by atoms with van der Waals surface area (Å²) in [6.07, 6.45) is 0. The fourth-order valence-electron chi connectivity index (χ4n) is 2.17. The van der Waals surface area contributed by atoms with Gasteiger partial charge in [-0.1, -0.05) is 24.3 Å². The smallest absolute Gasteiger partial charge is 0.265 e. The Labute approximate surface area is 133 Å². The van der Waals surface area contributed by atoms with Crippen LogP contribution in [0.1, 0.15) is 9.67 Å². The second kappa shape index (κ2) is 6.45. The highest BCUT2D eigenvalue weighted by molar-refractivity contribution is 7.12. The number of carbonyl (C=O) groups excluding carboxylic acids is 1. The maximum atomic E-state index is 12.0. The molecule has 1 aromatic heterocycles. The second-order valence-electron chi connectivity index (χ2n) is 4.87. The molecule has 22 heavy (non-hydrogen) atoms. The minimum atomic E-state index is -0.0702. The number of hydrogen-bond acceptors (Lipinski definition) is 3. The molecule has 0 unspecified atom stereocenters. The maximum absolute atomic E-state index is 12.0. The number of rotatable bonds is 4. The van der Waals surface area contributed by atoms with Crippen LogP contribution < -0.4 is 10.2 Å². The van der Waals surface area contributed by atoms with E-state index in [9.17, 15) is 4.79 Å². The third kappa shape index (κ3) is 3.18. The zero-order chi connectivity index (χ0) is 15.4. The largest absolute Gasteiger partial charge is 0.345 e. The zero-order valence-electron chi connectivity index (χ0n) is 12.2. The topological polar surface area (TPSA) is 32.3 Å². The van der Waals surface area contributed by atoms with Crippen molar-refractivity contribution in [2.24, 2.45) is 0 Å². The van der Waals surface area contributed by atoms with E-state index in [4.69, 9.17) is 0 Å². The van der Waals surface area contributed by atoms with Gasteiger partial charge in [-0.3, -0.25) is 4.79 Å². The van der Waals surface area contributed by atoms with E-state index in [1.165, 1.54) is 11.3 Å². The summed E-state index contributed by atoms with van der Waals surface area (Å²) in [4.78, 5) is 14.8. The molecule has 0 radical (unpaired) electrons. The lowest BCUT2D eigenvalue weighted by atomic mass is 10.2. The fraction of sp³-hybridized carbons (Fsp3) is 0.0556. The summed E-state index contributed by atoms with van der Waals surface area (Å²) in [6, 6.07) is 21.7. The van der Waals surface area contributed by atoms with Crippen LogP contribution in [-0.2, 0) is 0 Å². The molecule has 1 heterocycles. The molecule has 4 heteroatoms. The molecule has 0 saturated heterocycles. The Morgan fingerprint density at radius 2 is 1.59 bits per heavy atom. The van der Waals surface area contributed by atoms with Crippen molar-refractivity contribution in [1.82, 2.24) is 0 Å². The van der Waals surface area contributed by atoms with Crippen molar-refractivity contribution in [3.63, 3.8) is 0 Å². The predicted molar refractivity (Wildman–Crippen MR) is 93.2 cm³/mol. The standard InChI is InChI=1S/C18H16N2OS/c1-20(15-6-3-2-4-7-15)16-11-9-14(10-12-16)19-18(21)17-8-5-13-22-17/h2-13H,1H3,(H,19,21). The lowest BCUT2D eigenvalue weighted by molar-refractivity contribution is 0.103. The minimum Gasteiger partial charge on any atom is -0.345 e. The molecule has 110 valence electrons. The van der Waals surface area contributed by atoms with E-state index in [0.717, 1.165) is 17.1 Å². The third-order valence-corrected chi connectivity index (χ3v) is 4.27. The third-order valence-electron chi connectivity index (χ3n) is 3.40. The second-order valence-corrected chi connectivity index (χ2v) is 5.82. The highest BCUT2D eigenvalue weighted by Gasteiger charge is 2.07. The summed E-state index contributed by atoms with van der Waals surface area (Å²) in [5, 5.41) is 4.80. The normalized spacial score (nSPS) is 10.2. The first-order valence-electron chi connectivity index (χ1n) is 6.98. The van der Waals surface area contributed by atoms with Gasteiger partial charge < -0.3 is 10.2 Å². The van der Waals surface area contributed by atoms with E-state index in [1.54, 1.807) is 0 Å². The van der Waals surface area contributed by atoms with Gasteiger partial charge in [0.05, 0.1) is 4.88 Å². The average molecular weight is 308 g/mol. The number of nitrogens with one attached hydrogen (secondary N) is 1. The first kappa shape index (κ1) is 14.4. The van der Waals surface area contributed by atoms with Gasteiger partial charge in [0, 0.05) is 24.1 Å². The molecule has 0 aliphatic heterocycles.